The minimum absolute atomic E-state index is 0.139. The van der Waals surface area contributed by atoms with E-state index in [-0.39, 0.29) is 31.0 Å². The van der Waals surface area contributed by atoms with Crippen molar-refractivity contribution in [3.05, 3.63) is 34.9 Å². The SMILES string of the molecule is Cc1ccc2c(c1)C(=O)O[C@H]2CCC(C)OC(=O)CCC(=O)O. The van der Waals surface area contributed by atoms with Gasteiger partial charge in [-0.3, -0.25) is 9.59 Å². The van der Waals surface area contributed by atoms with Crippen molar-refractivity contribution in [2.45, 2.75) is 51.7 Å². The van der Waals surface area contributed by atoms with Crippen LogP contribution in [-0.2, 0) is 19.1 Å². The maximum Gasteiger partial charge on any atom is 0.339 e. The van der Waals surface area contributed by atoms with Crippen LogP contribution in [0.5, 0.6) is 0 Å². The first-order valence-electron chi connectivity index (χ1n) is 7.59. The van der Waals surface area contributed by atoms with Crippen LogP contribution in [0.15, 0.2) is 18.2 Å². The van der Waals surface area contributed by atoms with Gasteiger partial charge >= 0.3 is 17.9 Å². The van der Waals surface area contributed by atoms with Crippen molar-refractivity contribution in [1.29, 1.82) is 0 Å². The molecule has 2 atom stereocenters. The number of ether oxygens (including phenoxy) is 2. The summed E-state index contributed by atoms with van der Waals surface area (Å²) < 4.78 is 10.5. The molecule has 1 heterocycles. The number of cyclic esters (lactones) is 1. The number of fused-ring (bicyclic) bond motifs is 1. The molecular formula is C17H20O6. The number of benzene rings is 1. The number of rotatable bonds is 7. The van der Waals surface area contributed by atoms with E-state index in [2.05, 4.69) is 0 Å². The molecule has 23 heavy (non-hydrogen) atoms. The largest absolute Gasteiger partial charge is 0.481 e. The highest BCUT2D eigenvalue weighted by Crippen LogP contribution is 2.34. The highest BCUT2D eigenvalue weighted by Gasteiger charge is 2.31. The Hall–Kier alpha value is -2.37. The van der Waals surface area contributed by atoms with Gasteiger partial charge in [0.2, 0.25) is 0 Å². The fraction of sp³-hybridized carbons (Fsp3) is 0.471. The lowest BCUT2D eigenvalue weighted by Gasteiger charge is -2.16. The molecule has 1 aliphatic heterocycles. The third-order valence-corrected chi connectivity index (χ3v) is 3.74. The van der Waals surface area contributed by atoms with E-state index >= 15 is 0 Å². The van der Waals surface area contributed by atoms with Gasteiger partial charge in [-0.25, -0.2) is 4.79 Å². The summed E-state index contributed by atoms with van der Waals surface area (Å²) in [6.07, 6.45) is 0.0283. The number of hydrogen-bond donors (Lipinski definition) is 1. The normalized spacial score (nSPS) is 17.3. The Morgan fingerprint density at radius 2 is 2.09 bits per heavy atom. The van der Waals surface area contributed by atoms with Gasteiger partial charge < -0.3 is 14.6 Å². The van der Waals surface area contributed by atoms with Gasteiger partial charge in [0.15, 0.2) is 0 Å². The highest BCUT2D eigenvalue weighted by atomic mass is 16.6. The smallest absolute Gasteiger partial charge is 0.339 e. The standard InChI is InChI=1S/C17H20O6/c1-10-3-5-12-13(9-10)17(21)23-14(12)6-4-11(2)22-16(20)8-7-15(18)19/h3,5,9,11,14H,4,6-8H2,1-2H3,(H,18,19)/t11?,14-/m0/s1. The van der Waals surface area contributed by atoms with E-state index < -0.39 is 11.9 Å². The maximum absolute atomic E-state index is 11.8. The molecule has 1 unspecified atom stereocenters. The number of aliphatic carboxylic acids is 1. The lowest BCUT2D eigenvalue weighted by Crippen LogP contribution is -2.16. The molecule has 2 rings (SSSR count). The average molecular weight is 320 g/mol. The van der Waals surface area contributed by atoms with Gasteiger partial charge in [-0.1, -0.05) is 17.7 Å². The zero-order chi connectivity index (χ0) is 17.0. The molecule has 6 heteroatoms. The van der Waals surface area contributed by atoms with Gasteiger partial charge in [-0.05, 0) is 32.8 Å². The second-order valence-corrected chi connectivity index (χ2v) is 5.76. The number of hydrogen-bond acceptors (Lipinski definition) is 5. The quantitative estimate of drug-likeness (QED) is 0.777. The molecule has 0 bridgehead atoms. The Balaban J connectivity index is 1.84. The number of esters is 2. The van der Waals surface area contributed by atoms with Crippen molar-refractivity contribution < 1.29 is 29.0 Å². The fourth-order valence-corrected chi connectivity index (χ4v) is 2.54. The Morgan fingerprint density at radius 1 is 1.35 bits per heavy atom. The van der Waals surface area contributed by atoms with Gasteiger partial charge in [0.1, 0.15) is 6.10 Å². The minimum Gasteiger partial charge on any atom is -0.481 e. The summed E-state index contributed by atoms with van der Waals surface area (Å²) in [4.78, 5) is 33.7. The Labute approximate surface area is 134 Å². The molecule has 0 fully saturated rings. The molecule has 0 spiro atoms. The van der Waals surface area contributed by atoms with E-state index in [0.717, 1.165) is 11.1 Å². The topological polar surface area (TPSA) is 89.9 Å². The summed E-state index contributed by atoms with van der Waals surface area (Å²) in [6.45, 7) is 3.66. The van der Waals surface area contributed by atoms with Crippen molar-refractivity contribution in [2.24, 2.45) is 0 Å². The molecule has 124 valence electrons. The third-order valence-electron chi connectivity index (χ3n) is 3.74. The first-order valence-corrected chi connectivity index (χ1v) is 7.59. The molecule has 1 aromatic carbocycles. The van der Waals surface area contributed by atoms with Crippen LogP contribution < -0.4 is 0 Å². The molecule has 0 radical (unpaired) electrons. The van der Waals surface area contributed by atoms with Gasteiger partial charge in [0.05, 0.1) is 24.5 Å². The Bertz CT molecular complexity index is 622. The van der Waals surface area contributed by atoms with E-state index in [1.165, 1.54) is 0 Å². The van der Waals surface area contributed by atoms with Crippen molar-refractivity contribution in [1.82, 2.24) is 0 Å². The molecule has 1 aliphatic rings. The minimum atomic E-state index is -1.03. The van der Waals surface area contributed by atoms with Crippen LogP contribution in [0, 0.1) is 6.92 Å². The Kier molecular flexibility index (Phi) is 5.36. The number of aryl methyl sites for hydroxylation is 1. The van der Waals surface area contributed by atoms with Crippen LogP contribution in [0.25, 0.3) is 0 Å². The van der Waals surface area contributed by atoms with Gasteiger partial charge in [-0.15, -0.1) is 0 Å². The summed E-state index contributed by atoms with van der Waals surface area (Å²) in [7, 11) is 0. The molecule has 1 N–H and O–H groups in total. The van der Waals surface area contributed by atoms with E-state index in [0.29, 0.717) is 18.4 Å². The molecule has 6 nitrogen and oxygen atoms in total. The lowest BCUT2D eigenvalue weighted by molar-refractivity contribution is -0.151. The molecular weight excluding hydrogens is 300 g/mol. The molecule has 0 saturated heterocycles. The number of carboxylic acids is 1. The fourth-order valence-electron chi connectivity index (χ4n) is 2.54. The number of carbonyl (C=O) groups is 3. The zero-order valence-corrected chi connectivity index (χ0v) is 13.2. The summed E-state index contributed by atoms with van der Waals surface area (Å²) in [5, 5.41) is 8.52. The van der Waals surface area contributed by atoms with Crippen molar-refractivity contribution >= 4 is 17.9 Å². The molecule has 0 aromatic heterocycles. The summed E-state index contributed by atoms with van der Waals surface area (Å²) >= 11 is 0. The predicted octanol–water partition coefficient (Wildman–Crippen LogP) is 2.78. The first kappa shape index (κ1) is 17.0. The molecule has 0 saturated carbocycles. The van der Waals surface area contributed by atoms with Crippen molar-refractivity contribution in [3.8, 4) is 0 Å². The molecule has 1 aromatic rings. The van der Waals surface area contributed by atoms with E-state index in [4.69, 9.17) is 14.6 Å². The first-order chi connectivity index (χ1) is 10.9. The van der Waals surface area contributed by atoms with Crippen LogP contribution in [-0.4, -0.2) is 29.1 Å². The van der Waals surface area contributed by atoms with Gasteiger partial charge in [0.25, 0.3) is 0 Å². The summed E-state index contributed by atoms with van der Waals surface area (Å²) in [6, 6.07) is 5.64. The number of carbonyl (C=O) groups excluding carboxylic acids is 2. The van der Waals surface area contributed by atoms with Crippen LogP contribution in [0.1, 0.15) is 60.2 Å². The van der Waals surface area contributed by atoms with Crippen LogP contribution in [0.2, 0.25) is 0 Å². The van der Waals surface area contributed by atoms with Crippen molar-refractivity contribution in [2.75, 3.05) is 0 Å². The summed E-state index contributed by atoms with van der Waals surface area (Å²) in [5.41, 5.74) is 2.47. The van der Waals surface area contributed by atoms with Crippen LogP contribution in [0.3, 0.4) is 0 Å². The molecule has 0 amide bonds. The third kappa shape index (κ3) is 4.55. The maximum atomic E-state index is 11.8. The highest BCUT2D eigenvalue weighted by molar-refractivity contribution is 5.94. The molecule has 0 aliphatic carbocycles. The summed E-state index contributed by atoms with van der Waals surface area (Å²) in [5.74, 6) is -1.88. The zero-order valence-electron chi connectivity index (χ0n) is 13.2. The van der Waals surface area contributed by atoms with Crippen molar-refractivity contribution in [3.63, 3.8) is 0 Å². The van der Waals surface area contributed by atoms with Gasteiger partial charge in [0, 0.05) is 5.56 Å². The lowest BCUT2D eigenvalue weighted by atomic mass is 9.99. The predicted molar refractivity (Wildman–Crippen MR) is 81.0 cm³/mol. The monoisotopic (exact) mass is 320 g/mol. The van der Waals surface area contributed by atoms with Crippen LogP contribution in [0.4, 0.5) is 0 Å². The average Bonchev–Trinajstić information content (AvgIpc) is 2.79. The van der Waals surface area contributed by atoms with E-state index in [9.17, 15) is 14.4 Å². The second kappa shape index (κ2) is 7.26. The second-order valence-electron chi connectivity index (χ2n) is 5.76. The van der Waals surface area contributed by atoms with Gasteiger partial charge in [-0.2, -0.15) is 0 Å². The van der Waals surface area contributed by atoms with E-state index in [1.54, 1.807) is 6.92 Å². The number of carboxylic acid groups (broad SMARTS) is 1. The van der Waals surface area contributed by atoms with E-state index in [1.807, 2.05) is 25.1 Å². The Morgan fingerprint density at radius 3 is 2.78 bits per heavy atom. The van der Waals surface area contributed by atoms with Crippen LogP contribution >= 0.6 is 0 Å².